The summed E-state index contributed by atoms with van der Waals surface area (Å²) in [6.45, 7) is 19.1. The second kappa shape index (κ2) is 14.3. The number of hydrogen-bond acceptors (Lipinski definition) is 4. The first-order valence-corrected chi connectivity index (χ1v) is 23.9. The van der Waals surface area contributed by atoms with Crippen LogP contribution in [-0.4, -0.2) is 11.7 Å². The van der Waals surface area contributed by atoms with Gasteiger partial charge in [0.15, 0.2) is 0 Å². The quantitative estimate of drug-likeness (QED) is 0.165. The molecular formula is C61H57BN4. The maximum absolute atomic E-state index is 4.84. The molecule has 1 aromatic heterocycles. The molecule has 0 saturated heterocycles. The normalized spacial score (nSPS) is 19.1. The third-order valence-electron chi connectivity index (χ3n) is 15.8. The summed E-state index contributed by atoms with van der Waals surface area (Å²) in [4.78, 5) is 12.7. The Morgan fingerprint density at radius 2 is 1.17 bits per heavy atom. The van der Waals surface area contributed by atoms with E-state index in [2.05, 4.69) is 234 Å². The summed E-state index contributed by atoms with van der Waals surface area (Å²) in [6.07, 6.45) is 3.98. The number of aromatic nitrogens is 1. The van der Waals surface area contributed by atoms with E-state index in [-0.39, 0.29) is 23.0 Å². The molecule has 2 unspecified atom stereocenters. The Kier molecular flexibility index (Phi) is 8.82. The Bertz CT molecular complexity index is 3240. The van der Waals surface area contributed by atoms with Gasteiger partial charge in [-0.3, -0.25) is 4.98 Å². The number of para-hydroxylation sites is 2. The van der Waals surface area contributed by atoms with Crippen LogP contribution in [0.2, 0.25) is 0 Å². The van der Waals surface area contributed by atoms with Crippen molar-refractivity contribution < 1.29 is 0 Å². The zero-order chi connectivity index (χ0) is 45.3. The number of anilines is 8. The lowest BCUT2D eigenvalue weighted by Gasteiger charge is -2.52. The first-order valence-electron chi connectivity index (χ1n) is 23.9. The van der Waals surface area contributed by atoms with Crippen molar-refractivity contribution in [2.75, 3.05) is 14.7 Å². The highest BCUT2D eigenvalue weighted by Crippen LogP contribution is 2.65. The summed E-state index contributed by atoms with van der Waals surface area (Å²) in [6, 6.07) is 64.6. The predicted octanol–water partition coefficient (Wildman–Crippen LogP) is 13.7. The molecule has 8 aromatic rings. The third kappa shape index (κ3) is 5.81. The van der Waals surface area contributed by atoms with Crippen molar-refractivity contribution in [1.82, 2.24) is 4.98 Å². The number of fused-ring (bicyclic) bond motifs is 9. The maximum atomic E-state index is 4.84. The fourth-order valence-electron chi connectivity index (χ4n) is 12.2. The molecule has 12 rings (SSSR count). The monoisotopic (exact) mass is 856 g/mol. The number of rotatable bonds is 4. The van der Waals surface area contributed by atoms with E-state index < -0.39 is 5.54 Å². The van der Waals surface area contributed by atoms with Crippen LogP contribution in [0.1, 0.15) is 89.6 Å². The van der Waals surface area contributed by atoms with Gasteiger partial charge < -0.3 is 14.7 Å². The van der Waals surface area contributed by atoms with Crippen LogP contribution in [-0.2, 0) is 28.2 Å². The summed E-state index contributed by atoms with van der Waals surface area (Å²) in [7, 11) is 0. The summed E-state index contributed by atoms with van der Waals surface area (Å²) in [5.74, 6) is 0. The molecule has 5 heteroatoms. The van der Waals surface area contributed by atoms with Gasteiger partial charge in [0.2, 0.25) is 0 Å². The van der Waals surface area contributed by atoms with Gasteiger partial charge in [-0.1, -0.05) is 146 Å². The Hall–Kier alpha value is -6.85. The van der Waals surface area contributed by atoms with Gasteiger partial charge in [-0.2, -0.15) is 0 Å². The second-order valence-electron chi connectivity index (χ2n) is 21.6. The highest BCUT2D eigenvalue weighted by Gasteiger charge is 2.60. The van der Waals surface area contributed by atoms with Gasteiger partial charge >= 0.3 is 0 Å². The molecule has 2 atom stereocenters. The fourth-order valence-corrected chi connectivity index (χ4v) is 12.2. The summed E-state index contributed by atoms with van der Waals surface area (Å²) in [5, 5.41) is 0. The van der Waals surface area contributed by atoms with Crippen LogP contribution in [0.4, 0.5) is 45.5 Å². The van der Waals surface area contributed by atoms with Crippen molar-refractivity contribution >= 4 is 68.6 Å². The van der Waals surface area contributed by atoms with Gasteiger partial charge in [0.05, 0.1) is 11.2 Å². The minimum atomic E-state index is -0.416. The number of aryl methyl sites for hydroxylation is 1. The molecule has 0 saturated carbocycles. The topological polar surface area (TPSA) is 22.6 Å². The van der Waals surface area contributed by atoms with E-state index in [1.807, 2.05) is 12.3 Å². The molecular weight excluding hydrogens is 800 g/mol. The van der Waals surface area contributed by atoms with Gasteiger partial charge in [-0.05, 0) is 148 Å². The average molecular weight is 857 g/mol. The molecule has 0 spiro atoms. The van der Waals surface area contributed by atoms with Crippen molar-refractivity contribution in [2.45, 2.75) is 90.0 Å². The Balaban J connectivity index is 1.21. The minimum Gasteiger partial charge on any atom is -0.330 e. The zero-order valence-electron chi connectivity index (χ0n) is 39.5. The standard InChI is InChI=1S/C61H57BN4/c1-58(2,3)42-20-18-23-45(36-42)65-54-37-43(59(4,5)6)29-30-50(54)62-49-25-14-15-27-53(49)64(44-21-10-9-11-22-44)55-38-46(39-56(65)57(55)62)66-52-31-28-41(51-26-16-17-34-63-51)35-48(52)60(7)33-32-40-19-12-13-24-47(40)61(60,66)8/h9-31,34-39H,32-33H2,1-8H3. The number of benzene rings is 7. The third-order valence-corrected chi connectivity index (χ3v) is 15.8. The first kappa shape index (κ1) is 40.6. The molecule has 0 radical (unpaired) electrons. The van der Waals surface area contributed by atoms with Crippen molar-refractivity contribution in [3.8, 4) is 11.3 Å². The molecule has 66 heavy (non-hydrogen) atoms. The molecule has 0 fully saturated rings. The highest BCUT2D eigenvalue weighted by atomic mass is 15.3. The second-order valence-corrected chi connectivity index (χ2v) is 21.6. The molecule has 4 aliphatic rings. The van der Waals surface area contributed by atoms with Gasteiger partial charge in [0, 0.05) is 62.7 Å². The molecule has 0 amide bonds. The molecule has 0 bridgehead atoms. The van der Waals surface area contributed by atoms with Crippen molar-refractivity contribution in [3.05, 3.63) is 204 Å². The lowest BCUT2D eigenvalue weighted by Crippen LogP contribution is -2.61. The number of nitrogens with zero attached hydrogens (tertiary/aromatic N) is 4. The summed E-state index contributed by atoms with van der Waals surface area (Å²) in [5.41, 5.74) is 22.0. The maximum Gasteiger partial charge on any atom is 0.252 e. The average Bonchev–Trinajstić information content (AvgIpc) is 3.54. The van der Waals surface area contributed by atoms with E-state index in [1.165, 1.54) is 84.0 Å². The van der Waals surface area contributed by atoms with Crippen LogP contribution in [0.25, 0.3) is 11.3 Å². The molecule has 4 nitrogen and oxygen atoms in total. The van der Waals surface area contributed by atoms with Gasteiger partial charge in [0.25, 0.3) is 6.71 Å². The molecule has 4 heterocycles. The zero-order valence-corrected chi connectivity index (χ0v) is 39.5. The Morgan fingerprint density at radius 3 is 1.92 bits per heavy atom. The summed E-state index contributed by atoms with van der Waals surface area (Å²) >= 11 is 0. The molecule has 1 aliphatic carbocycles. The van der Waals surface area contributed by atoms with Crippen molar-refractivity contribution in [3.63, 3.8) is 0 Å². The largest absolute Gasteiger partial charge is 0.330 e. The van der Waals surface area contributed by atoms with Crippen LogP contribution in [0, 0.1) is 0 Å². The van der Waals surface area contributed by atoms with Gasteiger partial charge in [0.1, 0.15) is 0 Å². The van der Waals surface area contributed by atoms with E-state index in [4.69, 9.17) is 4.98 Å². The highest BCUT2D eigenvalue weighted by molar-refractivity contribution is 7.00. The van der Waals surface area contributed by atoms with Crippen LogP contribution in [0.15, 0.2) is 176 Å². The van der Waals surface area contributed by atoms with E-state index in [9.17, 15) is 0 Å². The molecule has 324 valence electrons. The molecule has 3 aliphatic heterocycles. The smallest absolute Gasteiger partial charge is 0.252 e. The van der Waals surface area contributed by atoms with E-state index in [0.717, 1.165) is 29.8 Å². The first-order chi connectivity index (χ1) is 31.8. The predicted molar refractivity (Wildman–Crippen MR) is 279 cm³/mol. The fraction of sp³-hybridized carbons (Fsp3) is 0.230. The lowest BCUT2D eigenvalue weighted by atomic mass is 9.33. The van der Waals surface area contributed by atoms with Crippen LogP contribution < -0.4 is 31.1 Å². The van der Waals surface area contributed by atoms with E-state index in [1.54, 1.807) is 0 Å². The summed E-state index contributed by atoms with van der Waals surface area (Å²) < 4.78 is 0. The molecule has 0 N–H and O–H groups in total. The Morgan fingerprint density at radius 1 is 0.500 bits per heavy atom. The Labute approximate surface area is 391 Å². The van der Waals surface area contributed by atoms with Crippen molar-refractivity contribution in [1.29, 1.82) is 0 Å². The van der Waals surface area contributed by atoms with Crippen LogP contribution >= 0.6 is 0 Å². The van der Waals surface area contributed by atoms with Crippen LogP contribution in [0.3, 0.4) is 0 Å². The van der Waals surface area contributed by atoms with Crippen molar-refractivity contribution in [2.24, 2.45) is 0 Å². The lowest BCUT2D eigenvalue weighted by molar-refractivity contribution is 0.245. The van der Waals surface area contributed by atoms with Crippen LogP contribution in [0.5, 0.6) is 0 Å². The van der Waals surface area contributed by atoms with Gasteiger partial charge in [-0.25, -0.2) is 0 Å². The molecule has 7 aromatic carbocycles. The van der Waals surface area contributed by atoms with E-state index >= 15 is 0 Å². The number of pyridine rings is 1. The number of hydrogen-bond donors (Lipinski definition) is 0. The van der Waals surface area contributed by atoms with E-state index in [0.29, 0.717) is 0 Å². The SMILES string of the molecule is CC(C)(C)c1cccc(N2c3cc(C(C)(C)C)ccc3B3c4ccccc4N(c4ccccc4)c4cc(N5c6ccc(-c7ccccn7)cc6C6(C)CCc7ccccc7C56C)cc2c43)c1. The van der Waals surface area contributed by atoms with Gasteiger partial charge in [-0.15, -0.1) is 0 Å². The minimum absolute atomic E-state index is 0.0225.